The van der Waals surface area contributed by atoms with Gasteiger partial charge in [0.15, 0.2) is 0 Å². The molecule has 0 saturated heterocycles. The number of nitriles is 1. The summed E-state index contributed by atoms with van der Waals surface area (Å²) in [6, 6.07) is 11.3. The van der Waals surface area contributed by atoms with Crippen molar-refractivity contribution < 1.29 is 9.90 Å². The third kappa shape index (κ3) is 3.34. The van der Waals surface area contributed by atoms with Crippen LogP contribution in [0, 0.1) is 11.3 Å². The van der Waals surface area contributed by atoms with Crippen molar-refractivity contribution in [2.45, 2.75) is 19.4 Å². The first-order valence-electron chi connectivity index (χ1n) is 8.01. The molecule has 0 atom stereocenters. The number of rotatable bonds is 4. The zero-order valence-electron chi connectivity index (χ0n) is 14.4. The van der Waals surface area contributed by atoms with Gasteiger partial charge in [-0.25, -0.2) is 4.98 Å². The van der Waals surface area contributed by atoms with Gasteiger partial charge in [0.05, 0.1) is 5.60 Å². The van der Waals surface area contributed by atoms with E-state index in [0.29, 0.717) is 11.2 Å². The number of aromatic amines is 1. The van der Waals surface area contributed by atoms with Gasteiger partial charge in [-0.2, -0.15) is 5.26 Å². The quantitative estimate of drug-likeness (QED) is 0.497. The molecule has 3 aromatic rings. The Morgan fingerprint density at radius 3 is 2.77 bits per heavy atom. The first kappa shape index (κ1) is 17.4. The summed E-state index contributed by atoms with van der Waals surface area (Å²) < 4.78 is 0. The largest absolute Gasteiger partial charge is 0.386 e. The van der Waals surface area contributed by atoms with Gasteiger partial charge in [-0.15, -0.1) is 0 Å². The average molecular weight is 346 g/mol. The summed E-state index contributed by atoms with van der Waals surface area (Å²) in [4.78, 5) is 18.7. The Morgan fingerprint density at radius 1 is 1.35 bits per heavy atom. The molecule has 0 aliphatic heterocycles. The van der Waals surface area contributed by atoms with E-state index in [9.17, 15) is 9.90 Å². The summed E-state index contributed by atoms with van der Waals surface area (Å²) in [5.41, 5.74) is 7.99. The van der Waals surface area contributed by atoms with E-state index in [1.807, 2.05) is 30.3 Å². The first-order chi connectivity index (χ1) is 12.3. The van der Waals surface area contributed by atoms with Gasteiger partial charge in [0.2, 0.25) is 0 Å². The number of nitrogens with zero attached hydrogens (tertiary/aromatic N) is 2. The molecule has 6 nitrogen and oxygen atoms in total. The number of pyridine rings is 1. The summed E-state index contributed by atoms with van der Waals surface area (Å²) in [5.74, 6) is -0.774. The maximum atomic E-state index is 11.3. The van der Waals surface area contributed by atoms with E-state index in [4.69, 9.17) is 11.0 Å². The SMILES string of the molecule is CC(C)(O)c1cccc(-c2cnc3[nH]cc(/C=C(\C#N)C(N)=O)c3c2)c1. The number of H-pyrrole nitrogens is 1. The van der Waals surface area contributed by atoms with Crippen molar-refractivity contribution in [3.05, 3.63) is 59.4 Å². The van der Waals surface area contributed by atoms with Gasteiger partial charge < -0.3 is 15.8 Å². The topological polar surface area (TPSA) is 116 Å². The fourth-order valence-electron chi connectivity index (χ4n) is 2.69. The van der Waals surface area contributed by atoms with E-state index in [1.165, 1.54) is 6.08 Å². The Hall–Kier alpha value is -3.43. The van der Waals surface area contributed by atoms with Crippen LogP contribution < -0.4 is 5.73 Å². The highest BCUT2D eigenvalue weighted by molar-refractivity contribution is 6.03. The third-order valence-electron chi connectivity index (χ3n) is 4.15. The van der Waals surface area contributed by atoms with Gasteiger partial charge >= 0.3 is 0 Å². The minimum absolute atomic E-state index is 0.125. The van der Waals surface area contributed by atoms with Gasteiger partial charge in [0.25, 0.3) is 5.91 Å². The normalized spacial score (nSPS) is 12.2. The monoisotopic (exact) mass is 346 g/mol. The Morgan fingerprint density at radius 2 is 2.12 bits per heavy atom. The van der Waals surface area contributed by atoms with Crippen molar-refractivity contribution in [2.24, 2.45) is 5.73 Å². The predicted molar refractivity (Wildman–Crippen MR) is 99.6 cm³/mol. The zero-order chi connectivity index (χ0) is 18.9. The van der Waals surface area contributed by atoms with Gasteiger partial charge in [0.1, 0.15) is 17.3 Å². The van der Waals surface area contributed by atoms with Crippen LogP contribution in [0.4, 0.5) is 0 Å². The van der Waals surface area contributed by atoms with Crippen molar-refractivity contribution >= 4 is 23.0 Å². The highest BCUT2D eigenvalue weighted by Crippen LogP contribution is 2.29. The molecule has 6 heteroatoms. The lowest BCUT2D eigenvalue weighted by molar-refractivity contribution is -0.114. The number of nitrogens with two attached hydrogens (primary N) is 1. The zero-order valence-corrected chi connectivity index (χ0v) is 14.4. The molecular formula is C20H18N4O2. The van der Waals surface area contributed by atoms with Crippen LogP contribution in [0.25, 0.3) is 28.2 Å². The summed E-state index contributed by atoms with van der Waals surface area (Å²) >= 11 is 0. The van der Waals surface area contributed by atoms with Crippen molar-refractivity contribution in [1.29, 1.82) is 5.26 Å². The number of primary amides is 1. The molecule has 130 valence electrons. The molecule has 0 spiro atoms. The molecule has 1 amide bonds. The standard InChI is InChI=1S/C20H18N4O2/c1-20(2,26)16-5-3-4-12(7-16)14-8-17-15(6-13(9-21)18(22)25)11-24-19(17)23-10-14/h3-8,10-11,26H,1-2H3,(H2,22,25)(H,23,24)/b13-6+. The minimum Gasteiger partial charge on any atom is -0.386 e. The molecule has 0 fully saturated rings. The minimum atomic E-state index is -0.946. The second kappa shape index (κ2) is 6.47. The maximum absolute atomic E-state index is 11.3. The van der Waals surface area contributed by atoms with E-state index in [1.54, 1.807) is 32.3 Å². The van der Waals surface area contributed by atoms with E-state index >= 15 is 0 Å². The van der Waals surface area contributed by atoms with Crippen LogP contribution in [0.1, 0.15) is 25.0 Å². The molecule has 3 rings (SSSR count). The lowest BCUT2D eigenvalue weighted by Gasteiger charge is -2.18. The number of aliphatic hydroxyl groups is 1. The lowest BCUT2D eigenvalue weighted by atomic mass is 9.94. The van der Waals surface area contributed by atoms with Crippen LogP contribution in [0.15, 0.2) is 48.3 Å². The van der Waals surface area contributed by atoms with E-state index in [-0.39, 0.29) is 5.57 Å². The van der Waals surface area contributed by atoms with Gasteiger partial charge in [-0.05, 0) is 43.2 Å². The van der Waals surface area contributed by atoms with Gasteiger partial charge in [-0.3, -0.25) is 4.79 Å². The second-order valence-corrected chi connectivity index (χ2v) is 6.54. The molecule has 1 aromatic carbocycles. The summed E-state index contributed by atoms with van der Waals surface area (Å²) in [7, 11) is 0. The highest BCUT2D eigenvalue weighted by Gasteiger charge is 2.16. The van der Waals surface area contributed by atoms with Crippen molar-refractivity contribution in [3.63, 3.8) is 0 Å². The Labute approximate surface area is 150 Å². The molecular weight excluding hydrogens is 328 g/mol. The molecule has 0 bridgehead atoms. The predicted octanol–water partition coefficient (Wildman–Crippen LogP) is 2.85. The molecule has 0 saturated carbocycles. The van der Waals surface area contributed by atoms with Crippen molar-refractivity contribution in [1.82, 2.24) is 9.97 Å². The second-order valence-electron chi connectivity index (χ2n) is 6.54. The van der Waals surface area contributed by atoms with Crippen molar-refractivity contribution in [3.8, 4) is 17.2 Å². The first-order valence-corrected chi connectivity index (χ1v) is 8.01. The molecule has 0 aliphatic rings. The number of fused-ring (bicyclic) bond motifs is 1. The molecule has 2 aromatic heterocycles. The van der Waals surface area contributed by atoms with E-state index in [2.05, 4.69) is 9.97 Å². The van der Waals surface area contributed by atoms with Crippen LogP contribution in [0.3, 0.4) is 0 Å². The van der Waals surface area contributed by atoms with E-state index in [0.717, 1.165) is 22.1 Å². The molecule has 0 unspecified atom stereocenters. The fourth-order valence-corrected chi connectivity index (χ4v) is 2.69. The molecule has 4 N–H and O–H groups in total. The number of amides is 1. The smallest absolute Gasteiger partial charge is 0.259 e. The number of aromatic nitrogens is 2. The molecule has 0 aliphatic carbocycles. The van der Waals surface area contributed by atoms with Crippen molar-refractivity contribution in [2.75, 3.05) is 0 Å². The van der Waals surface area contributed by atoms with Crippen LogP contribution in [0.2, 0.25) is 0 Å². The number of hydrogen-bond donors (Lipinski definition) is 3. The molecule has 26 heavy (non-hydrogen) atoms. The van der Waals surface area contributed by atoms with E-state index < -0.39 is 11.5 Å². The van der Waals surface area contributed by atoms with Crippen LogP contribution >= 0.6 is 0 Å². The third-order valence-corrected chi connectivity index (χ3v) is 4.15. The van der Waals surface area contributed by atoms with Gasteiger partial charge in [0, 0.05) is 28.9 Å². The highest BCUT2D eigenvalue weighted by atomic mass is 16.3. The molecule has 0 radical (unpaired) electrons. The Kier molecular flexibility index (Phi) is 4.33. The Bertz CT molecular complexity index is 1070. The summed E-state index contributed by atoms with van der Waals surface area (Å²) in [6.07, 6.45) is 4.85. The number of benzene rings is 1. The number of carbonyl (C=O) groups is 1. The lowest BCUT2D eigenvalue weighted by Crippen LogP contribution is -2.15. The van der Waals surface area contributed by atoms with Crippen LogP contribution in [0.5, 0.6) is 0 Å². The fraction of sp³-hybridized carbons (Fsp3) is 0.150. The molecule has 2 heterocycles. The van der Waals surface area contributed by atoms with Crippen LogP contribution in [-0.2, 0) is 10.4 Å². The maximum Gasteiger partial charge on any atom is 0.259 e. The Balaban J connectivity index is 2.12. The number of hydrogen-bond acceptors (Lipinski definition) is 4. The number of nitrogens with one attached hydrogen (secondary N) is 1. The average Bonchev–Trinajstić information content (AvgIpc) is 3.00. The summed E-state index contributed by atoms with van der Waals surface area (Å²) in [6.45, 7) is 3.46. The number of carbonyl (C=O) groups excluding carboxylic acids is 1. The summed E-state index contributed by atoms with van der Waals surface area (Å²) in [5, 5.41) is 20.0. The van der Waals surface area contributed by atoms with Crippen LogP contribution in [-0.4, -0.2) is 21.0 Å². The van der Waals surface area contributed by atoms with Gasteiger partial charge in [-0.1, -0.05) is 18.2 Å².